The van der Waals surface area contributed by atoms with E-state index < -0.39 is 0 Å². The van der Waals surface area contributed by atoms with E-state index in [9.17, 15) is 0 Å². The highest BCUT2D eigenvalue weighted by Gasteiger charge is 2.29. The Morgan fingerprint density at radius 2 is 1.73 bits per heavy atom. The standard InChI is InChI=1S/C27H26ClN5/c28-21-13-15-33(24-8-4-5-14-29-24)27-22-17-30-32-25(26(22)31-23(27)16-21)20-11-9-19(10-12-20)18-6-2-1-3-7-18/h1-8,13-14,16,19-20,31H,9-12,15,17H2. The van der Waals surface area contributed by atoms with E-state index >= 15 is 0 Å². The molecule has 1 aliphatic carbocycles. The molecule has 6 heteroatoms. The Balaban J connectivity index is 1.40. The molecule has 0 radical (unpaired) electrons. The summed E-state index contributed by atoms with van der Waals surface area (Å²) in [5, 5.41) is 12.1. The Bertz CT molecular complexity index is 1330. The third kappa shape index (κ3) is 3.80. The second-order valence-corrected chi connectivity index (χ2v) is 9.45. The normalized spacial score (nSPS) is 22.2. The number of fused-ring (bicyclic) bond motifs is 3. The largest absolute Gasteiger partial charge is 0.352 e. The number of anilines is 2. The van der Waals surface area contributed by atoms with Gasteiger partial charge in [0, 0.05) is 29.3 Å². The average Bonchev–Trinajstić information content (AvgIpc) is 3.14. The zero-order valence-electron chi connectivity index (χ0n) is 18.4. The van der Waals surface area contributed by atoms with Crippen LogP contribution in [0.25, 0.3) is 11.8 Å². The Morgan fingerprint density at radius 3 is 2.52 bits per heavy atom. The summed E-state index contributed by atoms with van der Waals surface area (Å²) in [6.45, 7) is 1.23. The van der Waals surface area contributed by atoms with Crippen molar-refractivity contribution in [3.63, 3.8) is 0 Å². The summed E-state index contributed by atoms with van der Waals surface area (Å²) in [4.78, 5) is 10.5. The number of benzene rings is 1. The molecule has 1 saturated carbocycles. The van der Waals surface area contributed by atoms with Crippen LogP contribution in [0.15, 0.2) is 76.1 Å². The van der Waals surface area contributed by atoms with E-state index in [1.165, 1.54) is 24.0 Å². The number of hydrogen-bond acceptors (Lipinski definition) is 4. The summed E-state index contributed by atoms with van der Waals surface area (Å²) in [6.07, 6.45) is 10.5. The molecule has 1 N–H and O–H groups in total. The Labute approximate surface area is 198 Å². The molecule has 166 valence electrons. The summed E-state index contributed by atoms with van der Waals surface area (Å²) in [5.74, 6) is 1.97. The van der Waals surface area contributed by atoms with Crippen LogP contribution in [0.3, 0.4) is 0 Å². The molecule has 1 aromatic carbocycles. The van der Waals surface area contributed by atoms with Gasteiger partial charge in [-0.25, -0.2) is 4.98 Å². The molecular formula is C27H26ClN5. The predicted molar refractivity (Wildman–Crippen MR) is 133 cm³/mol. The molecule has 3 aromatic rings. The van der Waals surface area contributed by atoms with Crippen LogP contribution in [0, 0.1) is 5.92 Å². The molecule has 4 heterocycles. The maximum Gasteiger partial charge on any atom is 0.133 e. The number of nitrogens with one attached hydrogen (secondary N) is 1. The van der Waals surface area contributed by atoms with Crippen LogP contribution in [-0.2, 0) is 6.54 Å². The van der Waals surface area contributed by atoms with Gasteiger partial charge in [0.2, 0.25) is 0 Å². The van der Waals surface area contributed by atoms with Gasteiger partial charge >= 0.3 is 0 Å². The number of halogens is 1. The minimum atomic E-state index is 0.421. The van der Waals surface area contributed by atoms with E-state index in [-0.39, 0.29) is 0 Å². The highest BCUT2D eigenvalue weighted by Crippen LogP contribution is 2.40. The number of hydrogen-bond donors (Lipinski definition) is 1. The minimum absolute atomic E-state index is 0.421. The van der Waals surface area contributed by atoms with Crippen molar-refractivity contribution in [1.29, 1.82) is 0 Å². The van der Waals surface area contributed by atoms with Crippen LogP contribution < -0.4 is 15.6 Å². The molecule has 3 aliphatic rings. The van der Waals surface area contributed by atoms with Crippen LogP contribution in [0.5, 0.6) is 0 Å². The number of rotatable bonds is 3. The molecule has 2 aliphatic heterocycles. The highest BCUT2D eigenvalue weighted by atomic mass is 35.5. The van der Waals surface area contributed by atoms with Crippen LogP contribution in [-0.4, -0.2) is 16.5 Å². The SMILES string of the molecule is ClC1=CCN(c2ccccn2)c2c3c([nH]c2=C1)=C(C1CCC(c2ccccc2)CC1)N=NC3. The summed E-state index contributed by atoms with van der Waals surface area (Å²) in [6, 6.07) is 16.9. The number of aromatic amines is 1. The summed E-state index contributed by atoms with van der Waals surface area (Å²) in [7, 11) is 0. The third-order valence-corrected chi connectivity index (χ3v) is 7.36. The van der Waals surface area contributed by atoms with Gasteiger partial charge in [0.05, 0.1) is 28.6 Å². The van der Waals surface area contributed by atoms with Gasteiger partial charge in [0.15, 0.2) is 0 Å². The molecule has 5 nitrogen and oxygen atoms in total. The molecule has 0 unspecified atom stereocenters. The van der Waals surface area contributed by atoms with Crippen LogP contribution in [0.4, 0.5) is 11.5 Å². The number of H-pyrrole nitrogens is 1. The Kier molecular flexibility index (Phi) is 5.35. The fraction of sp³-hybridized carbons (Fsp3) is 0.296. The van der Waals surface area contributed by atoms with Gasteiger partial charge < -0.3 is 9.88 Å². The number of nitrogens with zero attached hydrogens (tertiary/aromatic N) is 4. The second kappa shape index (κ2) is 8.64. The van der Waals surface area contributed by atoms with Crippen molar-refractivity contribution in [2.24, 2.45) is 16.1 Å². The van der Waals surface area contributed by atoms with Crippen molar-refractivity contribution >= 4 is 34.9 Å². The van der Waals surface area contributed by atoms with Crippen LogP contribution in [0.1, 0.15) is 42.7 Å². The molecule has 6 rings (SSSR count). The van der Waals surface area contributed by atoms with Crippen molar-refractivity contribution in [3.8, 4) is 0 Å². The molecule has 0 amide bonds. The first-order valence-corrected chi connectivity index (χ1v) is 12.1. The van der Waals surface area contributed by atoms with Crippen LogP contribution >= 0.6 is 11.6 Å². The van der Waals surface area contributed by atoms with E-state index in [0.717, 1.165) is 45.8 Å². The van der Waals surface area contributed by atoms with Gasteiger partial charge in [-0.2, -0.15) is 10.2 Å². The lowest BCUT2D eigenvalue weighted by Gasteiger charge is -2.29. The zero-order chi connectivity index (χ0) is 22.2. The second-order valence-electron chi connectivity index (χ2n) is 9.02. The molecule has 1 fully saturated rings. The molecule has 33 heavy (non-hydrogen) atoms. The smallest absolute Gasteiger partial charge is 0.133 e. The maximum absolute atomic E-state index is 6.51. The third-order valence-electron chi connectivity index (χ3n) is 7.10. The van der Waals surface area contributed by atoms with Crippen molar-refractivity contribution in [2.45, 2.75) is 38.1 Å². The first-order chi connectivity index (χ1) is 16.3. The first-order valence-electron chi connectivity index (χ1n) is 11.7. The van der Waals surface area contributed by atoms with Crippen molar-refractivity contribution in [3.05, 3.63) is 87.7 Å². The predicted octanol–water partition coefficient (Wildman–Crippen LogP) is 5.51. The molecule has 2 aromatic heterocycles. The lowest BCUT2D eigenvalue weighted by atomic mass is 9.77. The van der Waals surface area contributed by atoms with E-state index in [1.54, 1.807) is 0 Å². The molecule has 0 atom stereocenters. The zero-order valence-corrected chi connectivity index (χ0v) is 19.2. The van der Waals surface area contributed by atoms with Crippen molar-refractivity contribution < 1.29 is 0 Å². The Hall–Kier alpha value is -3.18. The quantitative estimate of drug-likeness (QED) is 0.565. The summed E-state index contributed by atoms with van der Waals surface area (Å²) in [5.41, 5.74) is 4.87. The molecule has 0 spiro atoms. The number of aromatic nitrogens is 2. The summed E-state index contributed by atoms with van der Waals surface area (Å²) < 4.78 is 0. The Morgan fingerprint density at radius 1 is 0.939 bits per heavy atom. The molecule has 0 bridgehead atoms. The lowest BCUT2D eigenvalue weighted by molar-refractivity contribution is 0.378. The van der Waals surface area contributed by atoms with E-state index in [2.05, 4.69) is 50.3 Å². The fourth-order valence-electron chi connectivity index (χ4n) is 5.47. The van der Waals surface area contributed by atoms with Crippen molar-refractivity contribution in [2.75, 3.05) is 11.4 Å². The van der Waals surface area contributed by atoms with Gasteiger partial charge in [-0.15, -0.1) is 0 Å². The number of pyridine rings is 1. The topological polar surface area (TPSA) is 56.6 Å². The maximum atomic E-state index is 6.51. The first kappa shape index (κ1) is 20.4. The molecular weight excluding hydrogens is 430 g/mol. The van der Waals surface area contributed by atoms with Gasteiger partial charge in [0.25, 0.3) is 0 Å². The summed E-state index contributed by atoms with van der Waals surface area (Å²) >= 11 is 6.51. The van der Waals surface area contributed by atoms with E-state index in [1.807, 2.05) is 36.5 Å². The molecule has 0 saturated heterocycles. The van der Waals surface area contributed by atoms with Gasteiger partial charge in [-0.1, -0.05) is 48.0 Å². The van der Waals surface area contributed by atoms with Gasteiger partial charge in [0.1, 0.15) is 5.82 Å². The van der Waals surface area contributed by atoms with Crippen molar-refractivity contribution in [1.82, 2.24) is 9.97 Å². The monoisotopic (exact) mass is 455 g/mol. The number of azo groups is 1. The average molecular weight is 456 g/mol. The van der Waals surface area contributed by atoms with E-state index in [4.69, 9.17) is 16.7 Å². The number of allylic oxidation sites excluding steroid dienone is 1. The van der Waals surface area contributed by atoms with Gasteiger partial charge in [-0.3, -0.25) is 0 Å². The lowest BCUT2D eigenvalue weighted by Crippen LogP contribution is -2.25. The minimum Gasteiger partial charge on any atom is -0.352 e. The van der Waals surface area contributed by atoms with E-state index in [0.29, 0.717) is 24.9 Å². The van der Waals surface area contributed by atoms with Crippen LogP contribution in [0.2, 0.25) is 0 Å². The highest BCUT2D eigenvalue weighted by molar-refractivity contribution is 6.34. The van der Waals surface area contributed by atoms with Gasteiger partial charge in [-0.05, 0) is 61.4 Å². The fourth-order valence-corrected chi connectivity index (χ4v) is 5.65.